The first kappa shape index (κ1) is 19.1. The van der Waals surface area contributed by atoms with Crippen LogP contribution in [-0.4, -0.2) is 17.4 Å². The third-order valence-corrected chi connectivity index (χ3v) is 4.98. The first-order chi connectivity index (χ1) is 14.1. The van der Waals surface area contributed by atoms with Crippen LogP contribution < -0.4 is 10.1 Å². The maximum Gasteiger partial charge on any atom is 0.258 e. The summed E-state index contributed by atoms with van der Waals surface area (Å²) in [5.74, 6) is 1.31. The lowest BCUT2D eigenvalue weighted by molar-refractivity contribution is 0.0666. The third-order valence-electron chi connectivity index (χ3n) is 4.98. The topological polar surface area (TPSA) is 41.6 Å². The molecule has 148 valence electrons. The molecule has 1 aliphatic heterocycles. The minimum absolute atomic E-state index is 0.0294. The van der Waals surface area contributed by atoms with Crippen molar-refractivity contribution in [2.45, 2.75) is 26.6 Å². The van der Waals surface area contributed by atoms with Crippen LogP contribution in [0.5, 0.6) is 5.75 Å². The average molecular weight is 386 g/mol. The molecule has 0 bridgehead atoms. The van der Waals surface area contributed by atoms with Crippen LogP contribution in [0.4, 0.5) is 5.69 Å². The highest BCUT2D eigenvalue weighted by Crippen LogP contribution is 2.35. The molecule has 0 spiro atoms. The minimum Gasteiger partial charge on any atom is -0.493 e. The molecule has 0 saturated heterocycles. The summed E-state index contributed by atoms with van der Waals surface area (Å²) in [4.78, 5) is 15.2. The van der Waals surface area contributed by atoms with Crippen LogP contribution in [0.25, 0.3) is 0 Å². The summed E-state index contributed by atoms with van der Waals surface area (Å²) in [6, 6.07) is 25.8. The molecule has 1 atom stereocenters. The van der Waals surface area contributed by atoms with Gasteiger partial charge in [-0.2, -0.15) is 0 Å². The molecule has 4 heteroatoms. The highest BCUT2D eigenvalue weighted by molar-refractivity contribution is 6.01. The number of hydrogen-bond acceptors (Lipinski definition) is 3. The normalized spacial score (nSPS) is 15.8. The molecule has 1 unspecified atom stereocenters. The van der Waals surface area contributed by atoms with Gasteiger partial charge in [0.05, 0.1) is 12.2 Å². The SMILES string of the molecule is CC(C)COc1cccc(C2Nc3ccccc3C(=O)N2Cc2ccccc2)c1. The first-order valence-electron chi connectivity index (χ1n) is 10.0. The maximum atomic E-state index is 13.4. The number of hydrogen-bond donors (Lipinski definition) is 1. The van der Waals surface area contributed by atoms with E-state index >= 15 is 0 Å². The Morgan fingerprint density at radius 3 is 2.52 bits per heavy atom. The predicted octanol–water partition coefficient (Wildman–Crippen LogP) is 5.49. The number of para-hydroxylation sites is 1. The van der Waals surface area contributed by atoms with Gasteiger partial charge >= 0.3 is 0 Å². The third kappa shape index (κ3) is 4.27. The lowest BCUT2D eigenvalue weighted by atomic mass is 10.0. The largest absolute Gasteiger partial charge is 0.493 e. The van der Waals surface area contributed by atoms with E-state index in [9.17, 15) is 4.79 Å². The fourth-order valence-electron chi connectivity index (χ4n) is 3.54. The van der Waals surface area contributed by atoms with Gasteiger partial charge in [-0.05, 0) is 41.3 Å². The van der Waals surface area contributed by atoms with E-state index in [1.54, 1.807) is 0 Å². The van der Waals surface area contributed by atoms with Crippen molar-refractivity contribution in [3.8, 4) is 5.75 Å². The second-order valence-electron chi connectivity index (χ2n) is 7.79. The Morgan fingerprint density at radius 2 is 1.72 bits per heavy atom. The Kier molecular flexibility index (Phi) is 5.52. The number of carbonyl (C=O) groups excluding carboxylic acids is 1. The van der Waals surface area contributed by atoms with E-state index in [1.807, 2.05) is 83.8 Å². The van der Waals surface area contributed by atoms with Gasteiger partial charge in [-0.3, -0.25) is 4.79 Å². The number of rotatable bonds is 6. The van der Waals surface area contributed by atoms with Gasteiger partial charge in [-0.1, -0.05) is 68.4 Å². The fraction of sp³-hybridized carbons (Fsp3) is 0.240. The Labute approximate surface area is 172 Å². The van der Waals surface area contributed by atoms with Crippen molar-refractivity contribution in [1.29, 1.82) is 0 Å². The summed E-state index contributed by atoms with van der Waals surface area (Å²) in [6.07, 6.45) is -0.264. The van der Waals surface area contributed by atoms with Crippen molar-refractivity contribution in [1.82, 2.24) is 4.90 Å². The van der Waals surface area contributed by atoms with E-state index in [4.69, 9.17) is 4.74 Å². The van der Waals surface area contributed by atoms with Crippen molar-refractivity contribution < 1.29 is 9.53 Å². The second-order valence-corrected chi connectivity index (χ2v) is 7.79. The quantitative estimate of drug-likeness (QED) is 0.609. The predicted molar refractivity (Wildman–Crippen MR) is 116 cm³/mol. The Balaban J connectivity index is 1.69. The standard InChI is InChI=1S/C25H26N2O2/c1-18(2)17-29-21-12-8-11-20(15-21)24-26-23-14-7-6-13-22(23)25(28)27(24)16-19-9-4-3-5-10-19/h3-15,18,24,26H,16-17H2,1-2H3. The minimum atomic E-state index is -0.264. The number of nitrogens with one attached hydrogen (secondary N) is 1. The molecule has 0 aromatic heterocycles. The zero-order chi connectivity index (χ0) is 20.2. The molecule has 1 amide bonds. The summed E-state index contributed by atoms with van der Waals surface area (Å²) in [7, 11) is 0. The summed E-state index contributed by atoms with van der Waals surface area (Å²) in [5, 5.41) is 3.56. The van der Waals surface area contributed by atoms with E-state index in [1.165, 1.54) is 0 Å². The van der Waals surface area contributed by atoms with Gasteiger partial charge in [-0.15, -0.1) is 0 Å². The van der Waals surface area contributed by atoms with Crippen LogP contribution in [0, 0.1) is 5.92 Å². The first-order valence-corrected chi connectivity index (χ1v) is 10.0. The van der Waals surface area contributed by atoms with Crippen molar-refractivity contribution in [2.75, 3.05) is 11.9 Å². The molecule has 0 aliphatic carbocycles. The number of nitrogens with zero attached hydrogens (tertiary/aromatic N) is 1. The van der Waals surface area contributed by atoms with E-state index in [2.05, 4.69) is 19.2 Å². The second kappa shape index (κ2) is 8.39. The molecule has 1 aliphatic rings. The van der Waals surface area contributed by atoms with Crippen LogP contribution >= 0.6 is 0 Å². The van der Waals surface area contributed by atoms with E-state index in [0.29, 0.717) is 24.6 Å². The monoisotopic (exact) mass is 386 g/mol. The van der Waals surface area contributed by atoms with Crippen LogP contribution in [-0.2, 0) is 6.54 Å². The lowest BCUT2D eigenvalue weighted by Gasteiger charge is -2.38. The van der Waals surface area contributed by atoms with Crippen molar-refractivity contribution >= 4 is 11.6 Å². The number of carbonyl (C=O) groups is 1. The number of fused-ring (bicyclic) bond motifs is 1. The van der Waals surface area contributed by atoms with Gasteiger partial charge in [0.2, 0.25) is 0 Å². The average Bonchev–Trinajstić information content (AvgIpc) is 2.75. The van der Waals surface area contributed by atoms with Crippen LogP contribution in [0.2, 0.25) is 0 Å². The molecule has 4 rings (SSSR count). The fourth-order valence-corrected chi connectivity index (χ4v) is 3.54. The van der Waals surface area contributed by atoms with Gasteiger partial charge in [-0.25, -0.2) is 0 Å². The van der Waals surface area contributed by atoms with E-state index < -0.39 is 0 Å². The number of anilines is 1. The van der Waals surface area contributed by atoms with Crippen LogP contribution in [0.1, 0.15) is 41.5 Å². The van der Waals surface area contributed by atoms with Crippen LogP contribution in [0.15, 0.2) is 78.9 Å². The van der Waals surface area contributed by atoms with E-state index in [-0.39, 0.29) is 12.1 Å². The van der Waals surface area contributed by atoms with Gasteiger partial charge in [0.15, 0.2) is 0 Å². The zero-order valence-electron chi connectivity index (χ0n) is 16.8. The van der Waals surface area contributed by atoms with Crippen molar-refractivity contribution in [2.24, 2.45) is 5.92 Å². The smallest absolute Gasteiger partial charge is 0.258 e. The zero-order valence-corrected chi connectivity index (χ0v) is 16.8. The summed E-state index contributed by atoms with van der Waals surface area (Å²) in [5.41, 5.74) is 3.66. The molecule has 0 radical (unpaired) electrons. The molecule has 0 saturated carbocycles. The molecule has 0 fully saturated rings. The highest BCUT2D eigenvalue weighted by atomic mass is 16.5. The lowest BCUT2D eigenvalue weighted by Crippen LogP contribution is -2.42. The molecule has 1 heterocycles. The van der Waals surface area contributed by atoms with Gasteiger partial charge in [0.1, 0.15) is 11.9 Å². The summed E-state index contributed by atoms with van der Waals surface area (Å²) in [6.45, 7) is 5.45. The summed E-state index contributed by atoms with van der Waals surface area (Å²) >= 11 is 0. The Bertz CT molecular complexity index is 985. The van der Waals surface area contributed by atoms with Gasteiger partial charge in [0.25, 0.3) is 5.91 Å². The summed E-state index contributed by atoms with van der Waals surface area (Å²) < 4.78 is 5.92. The molecule has 29 heavy (non-hydrogen) atoms. The maximum absolute atomic E-state index is 13.4. The van der Waals surface area contributed by atoms with Crippen molar-refractivity contribution in [3.05, 3.63) is 95.6 Å². The Morgan fingerprint density at radius 1 is 0.966 bits per heavy atom. The number of benzene rings is 3. The van der Waals surface area contributed by atoms with E-state index in [0.717, 1.165) is 22.6 Å². The molecule has 4 nitrogen and oxygen atoms in total. The highest BCUT2D eigenvalue weighted by Gasteiger charge is 2.32. The van der Waals surface area contributed by atoms with Crippen molar-refractivity contribution in [3.63, 3.8) is 0 Å². The number of ether oxygens (including phenoxy) is 1. The molecule has 3 aromatic carbocycles. The van der Waals surface area contributed by atoms with Crippen LogP contribution in [0.3, 0.4) is 0 Å². The number of amides is 1. The van der Waals surface area contributed by atoms with Gasteiger partial charge in [0, 0.05) is 12.2 Å². The molecular formula is C25H26N2O2. The molecule has 1 N–H and O–H groups in total. The molecule has 3 aromatic rings. The Hall–Kier alpha value is -3.27. The molecular weight excluding hydrogens is 360 g/mol. The van der Waals surface area contributed by atoms with Gasteiger partial charge < -0.3 is 15.0 Å².